The van der Waals surface area contributed by atoms with Crippen LogP contribution in [0.4, 0.5) is 0 Å². The Balaban J connectivity index is 1.44. The van der Waals surface area contributed by atoms with Gasteiger partial charge < -0.3 is 14.4 Å². The Morgan fingerprint density at radius 2 is 1.65 bits per heavy atom. The van der Waals surface area contributed by atoms with E-state index in [0.717, 1.165) is 11.8 Å². The van der Waals surface area contributed by atoms with Crippen molar-refractivity contribution in [2.45, 2.75) is 24.7 Å². The van der Waals surface area contributed by atoms with E-state index in [1.54, 1.807) is 36.1 Å². The molecule has 2 aromatic rings. The van der Waals surface area contributed by atoms with Crippen molar-refractivity contribution < 1.29 is 27.5 Å². The molecule has 0 N–H and O–H groups in total. The summed E-state index contributed by atoms with van der Waals surface area (Å²) < 4.78 is 34.8. The van der Waals surface area contributed by atoms with Crippen molar-refractivity contribution in [3.05, 3.63) is 53.1 Å². The van der Waals surface area contributed by atoms with E-state index in [1.165, 1.54) is 12.1 Å². The summed E-state index contributed by atoms with van der Waals surface area (Å²) in [7, 11) is -3.40. The van der Waals surface area contributed by atoms with Crippen LogP contribution in [0.3, 0.4) is 0 Å². The van der Waals surface area contributed by atoms with E-state index in [0.29, 0.717) is 61.8 Å². The number of likely N-dealkylation sites (tertiary alicyclic amines) is 1. The zero-order valence-corrected chi connectivity index (χ0v) is 18.4. The molecule has 0 spiro atoms. The highest BCUT2D eigenvalue weighted by molar-refractivity contribution is 7.90. The summed E-state index contributed by atoms with van der Waals surface area (Å²) in [4.78, 5) is 27.8. The molecule has 1 saturated heterocycles. The summed E-state index contributed by atoms with van der Waals surface area (Å²) in [5.74, 6) is 0.906. The molecule has 164 valence electrons. The van der Waals surface area contributed by atoms with Gasteiger partial charge in [-0.2, -0.15) is 0 Å². The van der Waals surface area contributed by atoms with Gasteiger partial charge in [-0.3, -0.25) is 9.59 Å². The number of benzene rings is 2. The summed E-state index contributed by atoms with van der Waals surface area (Å²) in [6.45, 7) is 3.65. The van der Waals surface area contributed by atoms with Gasteiger partial charge in [0, 0.05) is 36.4 Å². The topological polar surface area (TPSA) is 90.0 Å². The maximum Gasteiger partial charge on any atom is 0.254 e. The Bertz CT molecular complexity index is 1130. The van der Waals surface area contributed by atoms with Crippen LogP contribution in [-0.2, 0) is 9.84 Å². The fourth-order valence-electron chi connectivity index (χ4n) is 4.01. The molecule has 2 aliphatic rings. The van der Waals surface area contributed by atoms with E-state index < -0.39 is 9.84 Å². The summed E-state index contributed by atoms with van der Waals surface area (Å²) >= 11 is 0. The number of aryl methyl sites for hydroxylation is 1. The number of nitrogens with zero attached hydrogens (tertiary/aromatic N) is 1. The van der Waals surface area contributed by atoms with Gasteiger partial charge in [-0.15, -0.1) is 0 Å². The highest BCUT2D eigenvalue weighted by Gasteiger charge is 2.30. The van der Waals surface area contributed by atoms with Crippen molar-refractivity contribution in [1.29, 1.82) is 0 Å². The van der Waals surface area contributed by atoms with Gasteiger partial charge in [-0.1, -0.05) is 6.07 Å². The number of carbonyl (C=O) groups excluding carboxylic acids is 2. The molecule has 2 heterocycles. The molecular formula is C23H25NO6S. The molecule has 2 aliphatic heterocycles. The predicted octanol–water partition coefficient (Wildman–Crippen LogP) is 2.90. The monoisotopic (exact) mass is 443 g/mol. The van der Waals surface area contributed by atoms with Crippen LogP contribution in [-0.4, -0.2) is 57.6 Å². The molecule has 0 radical (unpaired) electrons. The van der Waals surface area contributed by atoms with Crippen molar-refractivity contribution in [2.24, 2.45) is 5.92 Å². The minimum atomic E-state index is -3.40. The standard InChI is InChI=1S/C23H25NO6S/c1-15-3-5-18(31(2,27)28)14-19(15)23(26)24-9-7-16(8-10-24)22(25)17-4-6-20-21(13-17)30-12-11-29-20/h3-6,13-14,16H,7-12H2,1-2H3. The normalized spacial score (nSPS) is 16.8. The fraction of sp³-hybridized carbons (Fsp3) is 0.391. The number of rotatable bonds is 4. The lowest BCUT2D eigenvalue weighted by atomic mass is 9.88. The Hall–Kier alpha value is -2.87. The van der Waals surface area contributed by atoms with E-state index in [9.17, 15) is 18.0 Å². The number of hydrogen-bond donors (Lipinski definition) is 0. The molecule has 0 aromatic heterocycles. The summed E-state index contributed by atoms with van der Waals surface area (Å²) in [6.07, 6.45) is 2.24. The molecule has 0 unspecified atom stereocenters. The summed E-state index contributed by atoms with van der Waals surface area (Å²) in [5, 5.41) is 0. The molecule has 0 bridgehead atoms. The lowest BCUT2D eigenvalue weighted by Gasteiger charge is -2.32. The van der Waals surface area contributed by atoms with Crippen molar-refractivity contribution in [3.8, 4) is 11.5 Å². The molecule has 8 heteroatoms. The van der Waals surface area contributed by atoms with Crippen molar-refractivity contribution >= 4 is 21.5 Å². The van der Waals surface area contributed by atoms with Gasteiger partial charge in [0.05, 0.1) is 4.90 Å². The molecule has 1 amide bonds. The molecule has 31 heavy (non-hydrogen) atoms. The van der Waals surface area contributed by atoms with E-state index in [2.05, 4.69) is 0 Å². The van der Waals surface area contributed by atoms with Crippen LogP contribution >= 0.6 is 0 Å². The second kappa shape index (κ2) is 8.34. The smallest absolute Gasteiger partial charge is 0.254 e. The highest BCUT2D eigenvalue weighted by Crippen LogP contribution is 2.33. The third-order valence-electron chi connectivity index (χ3n) is 5.85. The highest BCUT2D eigenvalue weighted by atomic mass is 32.2. The Morgan fingerprint density at radius 3 is 2.32 bits per heavy atom. The summed E-state index contributed by atoms with van der Waals surface area (Å²) in [5.41, 5.74) is 1.71. The zero-order valence-electron chi connectivity index (χ0n) is 17.6. The van der Waals surface area contributed by atoms with Crippen molar-refractivity contribution in [2.75, 3.05) is 32.6 Å². The van der Waals surface area contributed by atoms with E-state index in [1.807, 2.05) is 0 Å². The first kappa shape index (κ1) is 21.4. The minimum absolute atomic E-state index is 0.0410. The number of ketones is 1. The lowest BCUT2D eigenvalue weighted by molar-refractivity contribution is 0.0649. The number of carbonyl (C=O) groups is 2. The third-order valence-corrected chi connectivity index (χ3v) is 6.96. The van der Waals surface area contributed by atoms with Crippen LogP contribution < -0.4 is 9.47 Å². The average Bonchev–Trinajstić information content (AvgIpc) is 2.77. The first-order valence-electron chi connectivity index (χ1n) is 10.3. The molecule has 0 atom stereocenters. The van der Waals surface area contributed by atoms with E-state index >= 15 is 0 Å². The van der Waals surface area contributed by atoms with Gasteiger partial charge in [-0.05, 0) is 55.7 Å². The maximum absolute atomic E-state index is 13.0. The number of sulfone groups is 1. The first-order chi connectivity index (χ1) is 14.7. The predicted molar refractivity (Wildman–Crippen MR) is 115 cm³/mol. The average molecular weight is 444 g/mol. The maximum atomic E-state index is 13.0. The molecule has 7 nitrogen and oxygen atoms in total. The molecule has 0 saturated carbocycles. The largest absolute Gasteiger partial charge is 0.486 e. The first-order valence-corrected chi connectivity index (χ1v) is 12.2. The van der Waals surface area contributed by atoms with Crippen LogP contribution in [0.2, 0.25) is 0 Å². The Labute approximate surface area is 181 Å². The van der Waals surface area contributed by atoms with Crippen LogP contribution in [0.5, 0.6) is 11.5 Å². The second-order valence-corrected chi connectivity index (χ2v) is 10.1. The number of ether oxygens (including phenoxy) is 2. The van der Waals surface area contributed by atoms with Gasteiger partial charge in [-0.25, -0.2) is 8.42 Å². The number of Topliss-reactive ketones (excluding diaryl/α,β-unsaturated/α-hetero) is 1. The van der Waals surface area contributed by atoms with Crippen LogP contribution in [0.25, 0.3) is 0 Å². The van der Waals surface area contributed by atoms with E-state index in [-0.39, 0.29) is 22.5 Å². The lowest BCUT2D eigenvalue weighted by Crippen LogP contribution is -2.40. The number of piperidine rings is 1. The molecule has 1 fully saturated rings. The van der Waals surface area contributed by atoms with Gasteiger partial charge >= 0.3 is 0 Å². The minimum Gasteiger partial charge on any atom is -0.486 e. The molecule has 2 aromatic carbocycles. The fourth-order valence-corrected chi connectivity index (χ4v) is 4.66. The van der Waals surface area contributed by atoms with Crippen LogP contribution in [0, 0.1) is 12.8 Å². The molecule has 0 aliphatic carbocycles. The quantitative estimate of drug-likeness (QED) is 0.675. The van der Waals surface area contributed by atoms with Crippen LogP contribution in [0.1, 0.15) is 39.1 Å². The number of amides is 1. The van der Waals surface area contributed by atoms with Crippen LogP contribution in [0.15, 0.2) is 41.3 Å². The van der Waals surface area contributed by atoms with Gasteiger partial charge in [0.15, 0.2) is 27.1 Å². The second-order valence-electron chi connectivity index (χ2n) is 8.04. The van der Waals surface area contributed by atoms with E-state index in [4.69, 9.17) is 9.47 Å². The van der Waals surface area contributed by atoms with Crippen molar-refractivity contribution in [1.82, 2.24) is 4.90 Å². The van der Waals surface area contributed by atoms with Gasteiger partial charge in [0.1, 0.15) is 13.2 Å². The zero-order chi connectivity index (χ0) is 22.2. The van der Waals surface area contributed by atoms with Gasteiger partial charge in [0.2, 0.25) is 0 Å². The Kier molecular flexibility index (Phi) is 5.75. The molecule has 4 rings (SSSR count). The summed E-state index contributed by atoms with van der Waals surface area (Å²) in [6, 6.07) is 9.86. The SMILES string of the molecule is Cc1ccc(S(C)(=O)=O)cc1C(=O)N1CCC(C(=O)c2ccc3c(c2)OCCO3)CC1. The number of hydrogen-bond acceptors (Lipinski definition) is 6. The van der Waals surface area contributed by atoms with Crippen molar-refractivity contribution in [3.63, 3.8) is 0 Å². The Morgan fingerprint density at radius 1 is 0.968 bits per heavy atom. The third kappa shape index (κ3) is 4.44. The number of fused-ring (bicyclic) bond motifs is 1. The molecular weight excluding hydrogens is 418 g/mol. The van der Waals surface area contributed by atoms with Gasteiger partial charge in [0.25, 0.3) is 5.91 Å².